The zero-order chi connectivity index (χ0) is 8.72. The van der Waals surface area contributed by atoms with E-state index in [1.165, 1.54) is 16.7 Å². The van der Waals surface area contributed by atoms with E-state index in [-0.39, 0.29) is 6.04 Å². The molecular weight excluding hydrogens is 146 g/mol. The largest absolute Gasteiger partial charge is 0.324 e. The topological polar surface area (TPSA) is 26.0 Å². The smallest absolute Gasteiger partial charge is 0.0326 e. The molecule has 0 unspecified atom stereocenters. The second kappa shape index (κ2) is 2.60. The summed E-state index contributed by atoms with van der Waals surface area (Å²) in [7, 11) is 0. The van der Waals surface area contributed by atoms with Crippen molar-refractivity contribution >= 4 is 0 Å². The molecule has 1 aliphatic carbocycles. The molecular formula is C11H15N. The lowest BCUT2D eigenvalue weighted by Crippen LogP contribution is -2.13. The van der Waals surface area contributed by atoms with Gasteiger partial charge in [0, 0.05) is 6.04 Å². The van der Waals surface area contributed by atoms with Crippen LogP contribution < -0.4 is 5.73 Å². The van der Waals surface area contributed by atoms with Gasteiger partial charge in [0.25, 0.3) is 0 Å². The number of fused-ring (bicyclic) bond motifs is 1. The van der Waals surface area contributed by atoms with Gasteiger partial charge in [-0.3, -0.25) is 0 Å². The number of rotatable bonds is 0. The Kier molecular flexibility index (Phi) is 1.69. The number of nitrogens with two attached hydrogens (primary N) is 1. The molecule has 1 heteroatoms. The highest BCUT2D eigenvalue weighted by Gasteiger charge is 2.25. The summed E-state index contributed by atoms with van der Waals surface area (Å²) in [6, 6.07) is 6.88. The van der Waals surface area contributed by atoms with E-state index < -0.39 is 0 Å². The van der Waals surface area contributed by atoms with Gasteiger partial charge in [0.2, 0.25) is 0 Å². The Bertz CT molecular complexity index is 304. The van der Waals surface area contributed by atoms with Crippen LogP contribution in [0, 0.1) is 12.8 Å². The van der Waals surface area contributed by atoms with Crippen molar-refractivity contribution in [3.8, 4) is 0 Å². The Hall–Kier alpha value is -0.820. The Morgan fingerprint density at radius 2 is 2.17 bits per heavy atom. The lowest BCUT2D eigenvalue weighted by atomic mass is 10.0. The molecule has 1 aliphatic rings. The highest BCUT2D eigenvalue weighted by molar-refractivity contribution is 5.38. The van der Waals surface area contributed by atoms with Crippen molar-refractivity contribution in [2.24, 2.45) is 11.7 Å². The number of hydrogen-bond donors (Lipinski definition) is 1. The molecule has 1 nitrogen and oxygen atoms in total. The minimum atomic E-state index is 0.264. The van der Waals surface area contributed by atoms with Crippen LogP contribution in [0.2, 0.25) is 0 Å². The second-order valence-electron chi connectivity index (χ2n) is 3.91. The van der Waals surface area contributed by atoms with Crippen molar-refractivity contribution in [3.05, 3.63) is 34.9 Å². The third kappa shape index (κ3) is 1.05. The van der Waals surface area contributed by atoms with Crippen LogP contribution in [0.1, 0.15) is 29.7 Å². The lowest BCUT2D eigenvalue weighted by molar-refractivity contribution is 0.513. The zero-order valence-electron chi connectivity index (χ0n) is 7.67. The van der Waals surface area contributed by atoms with E-state index in [0.717, 1.165) is 6.42 Å². The van der Waals surface area contributed by atoms with Crippen LogP contribution in [-0.4, -0.2) is 0 Å². The van der Waals surface area contributed by atoms with Gasteiger partial charge in [0.1, 0.15) is 0 Å². The predicted molar refractivity (Wildman–Crippen MR) is 51.0 cm³/mol. The summed E-state index contributed by atoms with van der Waals surface area (Å²) in [5, 5.41) is 0. The molecule has 0 heterocycles. The molecule has 64 valence electrons. The van der Waals surface area contributed by atoms with E-state index in [2.05, 4.69) is 32.0 Å². The molecule has 1 aromatic carbocycles. The summed E-state index contributed by atoms with van der Waals surface area (Å²) in [4.78, 5) is 0. The monoisotopic (exact) mass is 161 g/mol. The normalized spacial score (nSPS) is 27.2. The highest BCUT2D eigenvalue weighted by Crippen LogP contribution is 2.34. The number of benzene rings is 1. The molecule has 0 bridgehead atoms. The summed E-state index contributed by atoms with van der Waals surface area (Å²) in [5.74, 6) is 0.613. The Balaban J connectivity index is 2.48. The van der Waals surface area contributed by atoms with Crippen molar-refractivity contribution < 1.29 is 0 Å². The van der Waals surface area contributed by atoms with Gasteiger partial charge < -0.3 is 5.73 Å². The third-order valence-electron chi connectivity index (χ3n) is 2.82. The summed E-state index contributed by atoms with van der Waals surface area (Å²) in [6.45, 7) is 4.34. The van der Waals surface area contributed by atoms with Gasteiger partial charge in [-0.1, -0.05) is 30.7 Å². The molecule has 0 amide bonds. The zero-order valence-corrected chi connectivity index (χ0v) is 7.67. The average molecular weight is 161 g/mol. The van der Waals surface area contributed by atoms with Crippen LogP contribution in [-0.2, 0) is 6.42 Å². The maximum atomic E-state index is 6.06. The fraction of sp³-hybridized carbons (Fsp3) is 0.455. The van der Waals surface area contributed by atoms with Crippen molar-refractivity contribution in [3.63, 3.8) is 0 Å². The van der Waals surface area contributed by atoms with E-state index in [1.54, 1.807) is 0 Å². The van der Waals surface area contributed by atoms with E-state index >= 15 is 0 Å². The first kappa shape index (κ1) is 7.81. The summed E-state index contributed by atoms with van der Waals surface area (Å²) >= 11 is 0. The maximum absolute atomic E-state index is 6.06. The first-order valence-electron chi connectivity index (χ1n) is 4.53. The summed E-state index contributed by atoms with van der Waals surface area (Å²) < 4.78 is 0. The van der Waals surface area contributed by atoms with Gasteiger partial charge in [0.15, 0.2) is 0 Å². The van der Waals surface area contributed by atoms with Gasteiger partial charge in [-0.2, -0.15) is 0 Å². The van der Waals surface area contributed by atoms with Crippen LogP contribution in [0.4, 0.5) is 0 Å². The molecule has 2 N–H and O–H groups in total. The average Bonchev–Trinajstić information content (AvgIpc) is 2.31. The molecule has 0 radical (unpaired) electrons. The SMILES string of the molecule is Cc1ccc2c(c1)[C@H](N)[C@@H](C)C2. The number of hydrogen-bond acceptors (Lipinski definition) is 1. The van der Waals surface area contributed by atoms with Crippen molar-refractivity contribution in [2.45, 2.75) is 26.3 Å². The van der Waals surface area contributed by atoms with E-state index in [4.69, 9.17) is 5.73 Å². The van der Waals surface area contributed by atoms with Crippen LogP contribution in [0.5, 0.6) is 0 Å². The minimum Gasteiger partial charge on any atom is -0.324 e. The molecule has 0 saturated heterocycles. The standard InChI is InChI=1S/C11H15N/c1-7-3-4-9-6-8(2)11(12)10(9)5-7/h3-5,8,11H,6,12H2,1-2H3/t8-,11+/m0/s1. The van der Waals surface area contributed by atoms with E-state index in [0.29, 0.717) is 5.92 Å². The van der Waals surface area contributed by atoms with Gasteiger partial charge >= 0.3 is 0 Å². The van der Waals surface area contributed by atoms with Gasteiger partial charge in [-0.15, -0.1) is 0 Å². The molecule has 0 spiro atoms. The first-order chi connectivity index (χ1) is 5.68. The van der Waals surface area contributed by atoms with Crippen LogP contribution in [0.3, 0.4) is 0 Å². The molecule has 0 aliphatic heterocycles. The molecule has 0 saturated carbocycles. The lowest BCUT2D eigenvalue weighted by Gasteiger charge is -2.09. The van der Waals surface area contributed by atoms with Gasteiger partial charge in [0.05, 0.1) is 0 Å². The van der Waals surface area contributed by atoms with Gasteiger partial charge in [-0.25, -0.2) is 0 Å². The van der Waals surface area contributed by atoms with E-state index in [1.807, 2.05) is 0 Å². The van der Waals surface area contributed by atoms with Crippen molar-refractivity contribution in [1.29, 1.82) is 0 Å². The first-order valence-corrected chi connectivity index (χ1v) is 4.53. The van der Waals surface area contributed by atoms with Crippen molar-refractivity contribution in [1.82, 2.24) is 0 Å². The molecule has 2 atom stereocenters. The third-order valence-corrected chi connectivity index (χ3v) is 2.82. The van der Waals surface area contributed by atoms with Gasteiger partial charge in [-0.05, 0) is 30.4 Å². The van der Waals surface area contributed by atoms with Crippen LogP contribution in [0.15, 0.2) is 18.2 Å². The maximum Gasteiger partial charge on any atom is 0.0326 e. The molecule has 12 heavy (non-hydrogen) atoms. The van der Waals surface area contributed by atoms with Crippen LogP contribution in [0.25, 0.3) is 0 Å². The fourth-order valence-electron chi connectivity index (χ4n) is 1.99. The minimum absolute atomic E-state index is 0.264. The summed E-state index contributed by atoms with van der Waals surface area (Å²) in [5.41, 5.74) is 10.2. The predicted octanol–water partition coefficient (Wildman–Crippen LogP) is 2.19. The Labute approximate surface area is 73.6 Å². The number of aryl methyl sites for hydroxylation is 1. The Morgan fingerprint density at radius 1 is 1.42 bits per heavy atom. The molecule has 0 aromatic heterocycles. The molecule has 2 rings (SSSR count). The van der Waals surface area contributed by atoms with Crippen LogP contribution >= 0.6 is 0 Å². The van der Waals surface area contributed by atoms with E-state index in [9.17, 15) is 0 Å². The Morgan fingerprint density at radius 3 is 2.92 bits per heavy atom. The molecule has 1 aromatic rings. The quantitative estimate of drug-likeness (QED) is 0.620. The highest BCUT2D eigenvalue weighted by atomic mass is 14.7. The van der Waals surface area contributed by atoms with Crippen molar-refractivity contribution in [2.75, 3.05) is 0 Å². The second-order valence-corrected chi connectivity index (χ2v) is 3.91. The summed E-state index contributed by atoms with van der Waals surface area (Å²) in [6.07, 6.45) is 1.15. The fourth-order valence-corrected chi connectivity index (χ4v) is 1.99. The molecule has 0 fully saturated rings.